The van der Waals surface area contributed by atoms with Crippen LogP contribution in [-0.4, -0.2) is 17.5 Å². The van der Waals surface area contributed by atoms with Gasteiger partial charge in [0.2, 0.25) is 0 Å². The molecule has 0 heterocycles. The Balaban J connectivity index is 2.32. The molecule has 2 atom stereocenters. The topological polar surface area (TPSA) is 37.3 Å². The fraction of sp³-hybridized carbons (Fsp3) is 0.833. The van der Waals surface area contributed by atoms with E-state index in [9.17, 15) is 4.79 Å². The zero-order valence-corrected chi connectivity index (χ0v) is 4.71. The highest BCUT2D eigenvalue weighted by Gasteiger charge is 2.21. The van der Waals surface area contributed by atoms with Crippen molar-refractivity contribution in [2.75, 3.05) is 0 Å². The molecule has 0 unspecified atom stereocenters. The first-order valence-electron chi connectivity index (χ1n) is 2.96. The van der Waals surface area contributed by atoms with Crippen molar-refractivity contribution < 1.29 is 9.90 Å². The van der Waals surface area contributed by atoms with E-state index in [1.807, 2.05) is 0 Å². The second-order valence-electron chi connectivity index (χ2n) is 2.36. The molecule has 1 saturated carbocycles. The van der Waals surface area contributed by atoms with Crippen molar-refractivity contribution >= 4 is 6.29 Å². The van der Waals surface area contributed by atoms with E-state index in [1.165, 1.54) is 0 Å². The van der Waals surface area contributed by atoms with Gasteiger partial charge in [-0.05, 0) is 19.3 Å². The van der Waals surface area contributed by atoms with Crippen molar-refractivity contribution in [3.63, 3.8) is 0 Å². The van der Waals surface area contributed by atoms with Crippen LogP contribution in [0, 0.1) is 5.92 Å². The molecule has 1 fully saturated rings. The Kier molecular flexibility index (Phi) is 1.63. The molecule has 2 nitrogen and oxygen atoms in total. The molecule has 0 aromatic rings. The van der Waals surface area contributed by atoms with Crippen LogP contribution in [0.15, 0.2) is 0 Å². The van der Waals surface area contributed by atoms with E-state index >= 15 is 0 Å². The Bertz CT molecular complexity index is 90.5. The van der Waals surface area contributed by atoms with Crippen LogP contribution in [0.5, 0.6) is 0 Å². The maximum Gasteiger partial charge on any atom is 0.123 e. The van der Waals surface area contributed by atoms with E-state index in [4.69, 9.17) is 5.11 Å². The molecule has 0 radical (unpaired) electrons. The van der Waals surface area contributed by atoms with Crippen LogP contribution in [0.3, 0.4) is 0 Å². The Morgan fingerprint density at radius 1 is 1.50 bits per heavy atom. The van der Waals surface area contributed by atoms with E-state index < -0.39 is 0 Å². The third-order valence-corrected chi connectivity index (χ3v) is 1.64. The minimum atomic E-state index is -0.204. The van der Waals surface area contributed by atoms with Gasteiger partial charge in [-0.3, -0.25) is 0 Å². The van der Waals surface area contributed by atoms with Crippen LogP contribution in [0.4, 0.5) is 0 Å². The largest absolute Gasteiger partial charge is 0.393 e. The summed E-state index contributed by atoms with van der Waals surface area (Å²) in [5, 5.41) is 8.87. The summed E-state index contributed by atoms with van der Waals surface area (Å²) in [7, 11) is 0. The number of aldehydes is 1. The van der Waals surface area contributed by atoms with Gasteiger partial charge in [0.25, 0.3) is 0 Å². The van der Waals surface area contributed by atoms with E-state index in [1.54, 1.807) is 0 Å². The maximum atomic E-state index is 10.0. The highest BCUT2D eigenvalue weighted by atomic mass is 16.3. The zero-order valence-electron chi connectivity index (χ0n) is 4.71. The van der Waals surface area contributed by atoms with Crippen LogP contribution < -0.4 is 0 Å². The zero-order chi connectivity index (χ0) is 5.98. The van der Waals surface area contributed by atoms with Gasteiger partial charge in [-0.2, -0.15) is 0 Å². The molecule has 2 heteroatoms. The van der Waals surface area contributed by atoms with Crippen LogP contribution in [0.1, 0.15) is 19.3 Å². The second kappa shape index (κ2) is 2.27. The number of hydrogen-bond acceptors (Lipinski definition) is 2. The lowest BCUT2D eigenvalue weighted by Crippen LogP contribution is -2.00. The van der Waals surface area contributed by atoms with E-state index in [-0.39, 0.29) is 12.0 Å². The molecule has 8 heavy (non-hydrogen) atoms. The van der Waals surface area contributed by atoms with Crippen molar-refractivity contribution in [2.24, 2.45) is 5.92 Å². The van der Waals surface area contributed by atoms with Crippen LogP contribution in [0.25, 0.3) is 0 Å². The summed E-state index contributed by atoms with van der Waals surface area (Å²) in [6, 6.07) is 0. The molecule has 0 saturated heterocycles. The van der Waals surface area contributed by atoms with Gasteiger partial charge in [-0.25, -0.2) is 0 Å². The first kappa shape index (κ1) is 5.76. The average Bonchev–Trinajstić information content (AvgIpc) is 2.14. The summed E-state index contributed by atoms with van der Waals surface area (Å²) in [4.78, 5) is 10.0. The molecule has 0 bridgehead atoms. The molecule has 46 valence electrons. The van der Waals surface area contributed by atoms with Gasteiger partial charge in [0, 0.05) is 5.92 Å². The standard InChI is InChI=1S/C6H10O2/c7-4-5-1-2-6(8)3-5/h4-6,8H,1-3H2/t5-,6-/m0/s1. The summed E-state index contributed by atoms with van der Waals surface area (Å²) >= 11 is 0. The lowest BCUT2D eigenvalue weighted by molar-refractivity contribution is -0.111. The predicted octanol–water partition coefficient (Wildman–Crippen LogP) is 0.346. The summed E-state index contributed by atoms with van der Waals surface area (Å²) in [6.07, 6.45) is 3.11. The fourth-order valence-corrected chi connectivity index (χ4v) is 1.12. The van der Waals surface area contributed by atoms with Gasteiger partial charge in [-0.15, -0.1) is 0 Å². The van der Waals surface area contributed by atoms with Crippen LogP contribution >= 0.6 is 0 Å². The molecule has 0 aromatic heterocycles. The van der Waals surface area contributed by atoms with Gasteiger partial charge >= 0.3 is 0 Å². The number of hydrogen-bond donors (Lipinski definition) is 1. The van der Waals surface area contributed by atoms with Crippen LogP contribution in [-0.2, 0) is 4.79 Å². The first-order valence-corrected chi connectivity index (χ1v) is 2.96. The predicted molar refractivity (Wildman–Crippen MR) is 29.4 cm³/mol. The van der Waals surface area contributed by atoms with Crippen molar-refractivity contribution in [1.29, 1.82) is 0 Å². The average molecular weight is 114 g/mol. The quantitative estimate of drug-likeness (QED) is 0.499. The van der Waals surface area contributed by atoms with Gasteiger partial charge < -0.3 is 9.90 Å². The van der Waals surface area contributed by atoms with Crippen molar-refractivity contribution in [2.45, 2.75) is 25.4 Å². The van der Waals surface area contributed by atoms with Gasteiger partial charge in [-0.1, -0.05) is 0 Å². The molecular formula is C6H10O2. The molecule has 1 N–H and O–H groups in total. The smallest absolute Gasteiger partial charge is 0.123 e. The molecule has 0 aliphatic heterocycles. The van der Waals surface area contributed by atoms with E-state index in [0.717, 1.165) is 19.1 Å². The number of carbonyl (C=O) groups is 1. The third-order valence-electron chi connectivity index (χ3n) is 1.64. The van der Waals surface area contributed by atoms with E-state index in [2.05, 4.69) is 0 Å². The fourth-order valence-electron chi connectivity index (χ4n) is 1.12. The number of aliphatic hydroxyl groups excluding tert-OH is 1. The number of rotatable bonds is 1. The van der Waals surface area contributed by atoms with Gasteiger partial charge in [0.05, 0.1) is 6.10 Å². The number of carbonyl (C=O) groups excluding carboxylic acids is 1. The molecule has 1 rings (SSSR count). The second-order valence-corrected chi connectivity index (χ2v) is 2.36. The lowest BCUT2D eigenvalue weighted by Gasteiger charge is -1.95. The lowest BCUT2D eigenvalue weighted by atomic mass is 10.1. The van der Waals surface area contributed by atoms with E-state index in [0.29, 0.717) is 6.42 Å². The molecule has 1 aliphatic rings. The first-order chi connectivity index (χ1) is 3.83. The summed E-state index contributed by atoms with van der Waals surface area (Å²) in [6.45, 7) is 0. The number of aliphatic hydroxyl groups is 1. The van der Waals surface area contributed by atoms with Crippen LogP contribution in [0.2, 0.25) is 0 Å². The molecule has 0 amide bonds. The van der Waals surface area contributed by atoms with Crippen molar-refractivity contribution in [3.05, 3.63) is 0 Å². The maximum absolute atomic E-state index is 10.0. The molecule has 1 aliphatic carbocycles. The highest BCUT2D eigenvalue weighted by Crippen LogP contribution is 2.22. The summed E-state index contributed by atoms with van der Waals surface area (Å²) in [5.74, 6) is 0.144. The van der Waals surface area contributed by atoms with Gasteiger partial charge in [0.1, 0.15) is 6.29 Å². The molecular weight excluding hydrogens is 104 g/mol. The third kappa shape index (κ3) is 1.07. The molecule has 0 spiro atoms. The monoisotopic (exact) mass is 114 g/mol. The Morgan fingerprint density at radius 3 is 2.50 bits per heavy atom. The molecule has 0 aromatic carbocycles. The Morgan fingerprint density at radius 2 is 2.25 bits per heavy atom. The minimum Gasteiger partial charge on any atom is -0.393 e. The Hall–Kier alpha value is -0.370. The highest BCUT2D eigenvalue weighted by molar-refractivity contribution is 5.53. The van der Waals surface area contributed by atoms with Crippen molar-refractivity contribution in [1.82, 2.24) is 0 Å². The summed E-state index contributed by atoms with van der Waals surface area (Å²) in [5.41, 5.74) is 0. The Labute approximate surface area is 48.5 Å². The normalized spacial score (nSPS) is 37.6. The minimum absolute atomic E-state index is 0.144. The summed E-state index contributed by atoms with van der Waals surface area (Å²) < 4.78 is 0. The van der Waals surface area contributed by atoms with Crippen molar-refractivity contribution in [3.8, 4) is 0 Å². The van der Waals surface area contributed by atoms with Gasteiger partial charge in [0.15, 0.2) is 0 Å². The SMILES string of the molecule is O=C[C@H]1CC[C@H](O)C1.